The molecule has 0 saturated heterocycles. The van der Waals surface area contributed by atoms with Crippen molar-refractivity contribution in [1.29, 1.82) is 0 Å². The number of anilines is 1. The van der Waals surface area contributed by atoms with Gasteiger partial charge in [0.2, 0.25) is 0 Å². The van der Waals surface area contributed by atoms with Crippen molar-refractivity contribution >= 4 is 39.0 Å². The van der Waals surface area contributed by atoms with Crippen molar-refractivity contribution in [2.75, 3.05) is 19.0 Å². The molecule has 168 valence electrons. The number of carbonyl (C=O) groups is 2. The van der Waals surface area contributed by atoms with Crippen LogP contribution < -0.4 is 15.6 Å². The van der Waals surface area contributed by atoms with E-state index in [0.717, 1.165) is 21.6 Å². The van der Waals surface area contributed by atoms with Crippen molar-refractivity contribution in [3.63, 3.8) is 0 Å². The van der Waals surface area contributed by atoms with Crippen LogP contribution in [0.5, 0.6) is 5.75 Å². The number of hydrogen-bond acceptors (Lipinski definition) is 7. The number of fused-ring (bicyclic) bond motifs is 1. The zero-order chi connectivity index (χ0) is 23.5. The van der Waals surface area contributed by atoms with Gasteiger partial charge in [-0.25, -0.2) is 4.79 Å². The van der Waals surface area contributed by atoms with Gasteiger partial charge in [0.05, 0.1) is 24.8 Å². The molecule has 0 saturated carbocycles. The number of nitrogens with zero attached hydrogens (tertiary/aromatic N) is 2. The number of carbonyl (C=O) groups excluding carboxylic acids is 2. The molecule has 2 aromatic heterocycles. The number of ether oxygens (including phenoxy) is 2. The molecule has 8 nitrogen and oxygen atoms in total. The van der Waals surface area contributed by atoms with E-state index < -0.39 is 11.5 Å². The second kappa shape index (κ2) is 9.25. The number of amides is 1. The van der Waals surface area contributed by atoms with Crippen LogP contribution >= 0.6 is 11.3 Å². The third-order valence-electron chi connectivity index (χ3n) is 4.93. The van der Waals surface area contributed by atoms with Crippen LogP contribution in [0.25, 0.3) is 16.5 Å². The van der Waals surface area contributed by atoms with Gasteiger partial charge in [-0.15, -0.1) is 11.3 Å². The van der Waals surface area contributed by atoms with Gasteiger partial charge in [0.25, 0.3) is 11.5 Å². The molecule has 2 heterocycles. The van der Waals surface area contributed by atoms with E-state index in [1.807, 2.05) is 13.0 Å². The van der Waals surface area contributed by atoms with Gasteiger partial charge >= 0.3 is 5.97 Å². The largest absolute Gasteiger partial charge is 0.497 e. The quantitative estimate of drug-likeness (QED) is 0.431. The first-order chi connectivity index (χ1) is 15.9. The Morgan fingerprint density at radius 2 is 1.94 bits per heavy atom. The first kappa shape index (κ1) is 22.2. The molecule has 0 aliphatic rings. The van der Waals surface area contributed by atoms with E-state index in [4.69, 9.17) is 9.47 Å². The zero-order valence-corrected chi connectivity index (χ0v) is 19.1. The predicted octanol–water partition coefficient (Wildman–Crippen LogP) is 4.19. The van der Waals surface area contributed by atoms with Gasteiger partial charge in [-0.2, -0.15) is 9.78 Å². The topological polar surface area (TPSA) is 99.5 Å². The Morgan fingerprint density at radius 1 is 1.15 bits per heavy atom. The average molecular weight is 464 g/mol. The Labute approximate surface area is 193 Å². The van der Waals surface area contributed by atoms with E-state index in [0.29, 0.717) is 27.4 Å². The van der Waals surface area contributed by atoms with E-state index in [2.05, 4.69) is 10.4 Å². The summed E-state index contributed by atoms with van der Waals surface area (Å²) in [5.74, 6) is -0.491. The molecule has 1 N–H and O–H groups in total. The van der Waals surface area contributed by atoms with Gasteiger partial charge in [-0.1, -0.05) is 23.8 Å². The molecule has 0 atom stereocenters. The average Bonchev–Trinajstić information content (AvgIpc) is 3.23. The van der Waals surface area contributed by atoms with E-state index in [1.54, 1.807) is 54.8 Å². The van der Waals surface area contributed by atoms with E-state index in [-0.39, 0.29) is 23.6 Å². The van der Waals surface area contributed by atoms with Crippen molar-refractivity contribution < 1.29 is 19.1 Å². The Hall–Kier alpha value is -3.98. The molecule has 33 heavy (non-hydrogen) atoms. The molecule has 4 rings (SSSR count). The molecule has 2 aromatic carbocycles. The van der Waals surface area contributed by atoms with Crippen LogP contribution in [0.4, 0.5) is 5.00 Å². The molecule has 0 fully saturated rings. The number of nitrogens with one attached hydrogen (secondary N) is 1. The second-order valence-corrected chi connectivity index (χ2v) is 8.04. The first-order valence-corrected chi connectivity index (χ1v) is 11.0. The van der Waals surface area contributed by atoms with Gasteiger partial charge in [0, 0.05) is 22.4 Å². The SMILES string of the molecule is CCOC(=O)c1nn(-c2cccc(OC)c2)c(=O)c2c(NC(=O)c3cccc(C)c3)scc12. The summed E-state index contributed by atoms with van der Waals surface area (Å²) in [7, 11) is 1.51. The lowest BCUT2D eigenvalue weighted by Crippen LogP contribution is -2.25. The Morgan fingerprint density at radius 3 is 2.67 bits per heavy atom. The summed E-state index contributed by atoms with van der Waals surface area (Å²) in [4.78, 5) is 39.0. The van der Waals surface area contributed by atoms with Crippen LogP contribution in [0.1, 0.15) is 33.3 Å². The summed E-state index contributed by atoms with van der Waals surface area (Å²) in [5.41, 5.74) is 1.32. The van der Waals surface area contributed by atoms with Crippen LogP contribution in [-0.2, 0) is 4.74 Å². The summed E-state index contributed by atoms with van der Waals surface area (Å²) in [5, 5.41) is 9.56. The summed E-state index contributed by atoms with van der Waals surface area (Å²) >= 11 is 1.15. The highest BCUT2D eigenvalue weighted by Crippen LogP contribution is 2.31. The zero-order valence-electron chi connectivity index (χ0n) is 18.2. The Kier molecular flexibility index (Phi) is 6.23. The van der Waals surface area contributed by atoms with Crippen molar-refractivity contribution in [2.24, 2.45) is 0 Å². The van der Waals surface area contributed by atoms with E-state index >= 15 is 0 Å². The molecule has 0 aliphatic heterocycles. The fraction of sp³-hybridized carbons (Fsp3) is 0.167. The maximum absolute atomic E-state index is 13.5. The third-order valence-corrected chi connectivity index (χ3v) is 5.82. The molecule has 1 amide bonds. The summed E-state index contributed by atoms with van der Waals surface area (Å²) in [6, 6.07) is 13.9. The molecule has 0 aliphatic carbocycles. The fourth-order valence-electron chi connectivity index (χ4n) is 3.37. The van der Waals surface area contributed by atoms with Crippen molar-refractivity contribution in [2.45, 2.75) is 13.8 Å². The number of methoxy groups -OCH3 is 1. The fourth-order valence-corrected chi connectivity index (χ4v) is 4.30. The summed E-state index contributed by atoms with van der Waals surface area (Å²) in [6.07, 6.45) is 0. The highest BCUT2D eigenvalue weighted by molar-refractivity contribution is 7.16. The number of esters is 1. The molecule has 0 bridgehead atoms. The summed E-state index contributed by atoms with van der Waals surface area (Å²) < 4.78 is 11.5. The number of aryl methyl sites for hydroxylation is 1. The maximum Gasteiger partial charge on any atom is 0.359 e. The molecule has 0 radical (unpaired) electrons. The van der Waals surface area contributed by atoms with E-state index in [1.165, 1.54) is 7.11 Å². The van der Waals surface area contributed by atoms with Gasteiger partial charge in [-0.05, 0) is 38.1 Å². The second-order valence-electron chi connectivity index (χ2n) is 7.16. The van der Waals surface area contributed by atoms with Crippen LogP contribution in [-0.4, -0.2) is 35.4 Å². The van der Waals surface area contributed by atoms with Gasteiger partial charge < -0.3 is 14.8 Å². The molecular weight excluding hydrogens is 442 g/mol. The van der Waals surface area contributed by atoms with Crippen LogP contribution in [0, 0.1) is 6.92 Å². The van der Waals surface area contributed by atoms with Gasteiger partial charge in [0.1, 0.15) is 10.8 Å². The van der Waals surface area contributed by atoms with Crippen LogP contribution in [0.3, 0.4) is 0 Å². The van der Waals surface area contributed by atoms with Crippen molar-refractivity contribution in [3.8, 4) is 11.4 Å². The maximum atomic E-state index is 13.5. The normalized spacial score (nSPS) is 10.8. The molecule has 0 spiro atoms. The van der Waals surface area contributed by atoms with Crippen molar-refractivity contribution in [3.05, 3.63) is 81.1 Å². The number of rotatable bonds is 6. The Bertz CT molecular complexity index is 1420. The lowest BCUT2D eigenvalue weighted by atomic mass is 10.1. The molecule has 9 heteroatoms. The minimum Gasteiger partial charge on any atom is -0.497 e. The van der Waals surface area contributed by atoms with Gasteiger partial charge in [-0.3, -0.25) is 9.59 Å². The number of aromatic nitrogens is 2. The standard InChI is InChI=1S/C24H21N3O5S/c1-4-32-24(30)20-18-13-33-22(25-21(28)15-8-5-7-14(2)11-15)19(18)23(29)27(26-20)16-9-6-10-17(12-16)31-3/h5-13H,4H2,1-3H3,(H,25,28). The predicted molar refractivity (Wildman–Crippen MR) is 127 cm³/mol. The number of hydrogen-bond donors (Lipinski definition) is 1. The summed E-state index contributed by atoms with van der Waals surface area (Å²) in [6.45, 7) is 3.73. The molecular formula is C24H21N3O5S. The van der Waals surface area contributed by atoms with E-state index in [9.17, 15) is 14.4 Å². The minimum absolute atomic E-state index is 0.0124. The smallest absolute Gasteiger partial charge is 0.359 e. The Balaban J connectivity index is 1.89. The highest BCUT2D eigenvalue weighted by Gasteiger charge is 2.23. The number of thiophene rings is 1. The molecule has 0 unspecified atom stereocenters. The third kappa shape index (κ3) is 4.35. The first-order valence-electron chi connectivity index (χ1n) is 10.2. The number of benzene rings is 2. The van der Waals surface area contributed by atoms with Crippen LogP contribution in [0.15, 0.2) is 58.7 Å². The highest BCUT2D eigenvalue weighted by atomic mass is 32.1. The van der Waals surface area contributed by atoms with Crippen LogP contribution in [0.2, 0.25) is 0 Å². The van der Waals surface area contributed by atoms with Crippen molar-refractivity contribution in [1.82, 2.24) is 9.78 Å². The molecule has 4 aromatic rings. The minimum atomic E-state index is -0.659. The lowest BCUT2D eigenvalue weighted by Gasteiger charge is -2.11. The monoisotopic (exact) mass is 463 g/mol. The van der Waals surface area contributed by atoms with Gasteiger partial charge in [0.15, 0.2) is 5.69 Å². The lowest BCUT2D eigenvalue weighted by molar-refractivity contribution is 0.0520.